The van der Waals surface area contributed by atoms with E-state index in [2.05, 4.69) is 14.7 Å². The molecule has 2 heterocycles. The molecule has 1 aliphatic rings. The van der Waals surface area contributed by atoms with Crippen molar-refractivity contribution in [2.75, 3.05) is 25.2 Å². The van der Waals surface area contributed by atoms with Crippen molar-refractivity contribution >= 4 is 39.2 Å². The van der Waals surface area contributed by atoms with Crippen LogP contribution in [0.3, 0.4) is 0 Å². The molecule has 1 N–H and O–H groups in total. The van der Waals surface area contributed by atoms with Crippen molar-refractivity contribution in [1.29, 1.82) is 0 Å². The highest BCUT2D eigenvalue weighted by molar-refractivity contribution is 7.98. The van der Waals surface area contributed by atoms with Gasteiger partial charge in [-0.15, -0.1) is 16.2 Å². The predicted molar refractivity (Wildman–Crippen MR) is 107 cm³/mol. The van der Waals surface area contributed by atoms with Crippen molar-refractivity contribution in [2.24, 2.45) is 4.40 Å². The molecule has 1 aromatic heterocycles. The van der Waals surface area contributed by atoms with E-state index in [4.69, 9.17) is 0 Å². The van der Waals surface area contributed by atoms with Crippen LogP contribution in [0.25, 0.3) is 0 Å². The van der Waals surface area contributed by atoms with Crippen LogP contribution in [0.4, 0.5) is 5.69 Å². The van der Waals surface area contributed by atoms with Gasteiger partial charge in [0, 0.05) is 31.9 Å². The van der Waals surface area contributed by atoms with Gasteiger partial charge in [0.2, 0.25) is 0 Å². The third kappa shape index (κ3) is 4.48. The summed E-state index contributed by atoms with van der Waals surface area (Å²) in [5.41, 5.74) is 0.970. The van der Waals surface area contributed by atoms with Gasteiger partial charge in [0.05, 0.1) is 10.5 Å². The highest BCUT2D eigenvalue weighted by Crippen LogP contribution is 2.21. The molecule has 0 spiro atoms. The largest absolute Gasteiger partial charge is 0.362 e. The topological polar surface area (TPSA) is 91.7 Å². The second kappa shape index (κ2) is 8.10. The quantitative estimate of drug-likeness (QED) is 0.771. The van der Waals surface area contributed by atoms with E-state index in [1.807, 2.05) is 18.2 Å². The van der Waals surface area contributed by atoms with Gasteiger partial charge in [0.1, 0.15) is 10.9 Å². The Morgan fingerprint density at radius 3 is 2.63 bits per heavy atom. The molecule has 1 aromatic carbocycles. The van der Waals surface area contributed by atoms with Crippen LogP contribution in [0.15, 0.2) is 56.9 Å². The van der Waals surface area contributed by atoms with Crippen molar-refractivity contribution in [3.8, 4) is 0 Å². The first-order valence-electron chi connectivity index (χ1n) is 8.36. The smallest absolute Gasteiger partial charge is 0.283 e. The lowest BCUT2D eigenvalue weighted by molar-refractivity contribution is 0.102. The minimum absolute atomic E-state index is 0.0967. The van der Waals surface area contributed by atoms with Gasteiger partial charge in [-0.3, -0.25) is 4.79 Å². The Bertz CT molecular complexity index is 972. The molecule has 3 rings (SSSR count). The molecular formula is C18H20N4O3S2. The monoisotopic (exact) mass is 404 g/mol. The zero-order valence-electron chi connectivity index (χ0n) is 15.0. The number of nitrogens with zero attached hydrogens (tertiary/aromatic N) is 3. The average Bonchev–Trinajstić information content (AvgIpc) is 3.06. The summed E-state index contributed by atoms with van der Waals surface area (Å²) in [7, 11) is -1.93. The fourth-order valence-electron chi connectivity index (χ4n) is 2.74. The van der Waals surface area contributed by atoms with Crippen molar-refractivity contribution in [3.05, 3.63) is 48.2 Å². The van der Waals surface area contributed by atoms with E-state index in [0.29, 0.717) is 28.5 Å². The van der Waals surface area contributed by atoms with Gasteiger partial charge in [-0.2, -0.15) is 8.42 Å². The van der Waals surface area contributed by atoms with Crippen LogP contribution >= 0.6 is 11.8 Å². The fraction of sp³-hybridized carbons (Fsp3) is 0.278. The molecule has 27 heavy (non-hydrogen) atoms. The number of carbonyl (C=O) groups is 1. The Morgan fingerprint density at radius 2 is 2.00 bits per heavy atom. The summed E-state index contributed by atoms with van der Waals surface area (Å²) in [5, 5.41) is 3.39. The van der Waals surface area contributed by atoms with Crippen LogP contribution in [0.1, 0.15) is 23.2 Å². The molecule has 0 saturated carbocycles. The second-order valence-electron chi connectivity index (χ2n) is 6.05. The highest BCUT2D eigenvalue weighted by atomic mass is 32.2. The van der Waals surface area contributed by atoms with Gasteiger partial charge in [-0.25, -0.2) is 4.98 Å². The second-order valence-corrected chi connectivity index (χ2v) is 8.45. The van der Waals surface area contributed by atoms with Crippen molar-refractivity contribution in [1.82, 2.24) is 9.88 Å². The number of hydrogen-bond donors (Lipinski definition) is 1. The third-order valence-electron chi connectivity index (χ3n) is 4.18. The highest BCUT2D eigenvalue weighted by Gasteiger charge is 2.20. The summed E-state index contributed by atoms with van der Waals surface area (Å²) in [4.78, 5) is 18.5. The number of thioether (sulfide) groups is 1. The van der Waals surface area contributed by atoms with Crippen LogP contribution < -0.4 is 5.32 Å². The summed E-state index contributed by atoms with van der Waals surface area (Å²) in [5.74, 6) is 0.282. The van der Waals surface area contributed by atoms with Gasteiger partial charge in [-0.1, -0.05) is 0 Å². The van der Waals surface area contributed by atoms with E-state index < -0.39 is 10.0 Å². The van der Waals surface area contributed by atoms with Crippen molar-refractivity contribution in [2.45, 2.75) is 22.8 Å². The number of pyridine rings is 1. The number of nitrogens with one attached hydrogen (secondary N) is 1. The average molecular weight is 405 g/mol. The normalized spacial score (nSPS) is 15.9. The number of benzene rings is 1. The first kappa shape index (κ1) is 19.4. The molecule has 0 bridgehead atoms. The van der Waals surface area contributed by atoms with Crippen LogP contribution in [0, 0.1) is 0 Å². The molecule has 2 aromatic rings. The maximum atomic E-state index is 12.5. The molecule has 1 saturated heterocycles. The molecule has 0 atom stereocenters. The zero-order valence-corrected chi connectivity index (χ0v) is 16.7. The number of anilines is 1. The van der Waals surface area contributed by atoms with Crippen LogP contribution in [0.2, 0.25) is 0 Å². The van der Waals surface area contributed by atoms with Gasteiger partial charge < -0.3 is 10.2 Å². The summed E-state index contributed by atoms with van der Waals surface area (Å²) >= 11 is 1.39. The van der Waals surface area contributed by atoms with E-state index in [1.165, 1.54) is 23.9 Å². The van der Waals surface area contributed by atoms with E-state index in [9.17, 15) is 13.2 Å². The van der Waals surface area contributed by atoms with Gasteiger partial charge in [0.15, 0.2) is 0 Å². The number of aromatic nitrogens is 1. The SMILES string of the molecule is CSc1ncccc1C(=O)Nc1ccc(S(=O)(=O)/N=C2\CCCN2C)cc1. The first-order valence-corrected chi connectivity index (χ1v) is 11.0. The molecule has 0 unspecified atom stereocenters. The van der Waals surface area contributed by atoms with Gasteiger partial charge >= 0.3 is 0 Å². The lowest BCUT2D eigenvalue weighted by Crippen LogP contribution is -2.20. The number of hydrogen-bond acceptors (Lipinski definition) is 5. The number of carbonyl (C=O) groups excluding carboxylic acids is 1. The number of rotatable bonds is 5. The van der Waals surface area contributed by atoms with E-state index in [1.54, 1.807) is 30.5 Å². The zero-order chi connectivity index (χ0) is 19.4. The third-order valence-corrected chi connectivity index (χ3v) is 6.21. The molecule has 1 amide bonds. The summed E-state index contributed by atoms with van der Waals surface area (Å²) < 4.78 is 28.9. The van der Waals surface area contributed by atoms with Crippen molar-refractivity contribution < 1.29 is 13.2 Å². The first-order chi connectivity index (χ1) is 12.9. The fourth-order valence-corrected chi connectivity index (χ4v) is 4.38. The van der Waals surface area contributed by atoms with E-state index >= 15 is 0 Å². The maximum absolute atomic E-state index is 12.5. The number of amides is 1. The molecule has 0 aliphatic carbocycles. The Kier molecular flexibility index (Phi) is 5.81. The lowest BCUT2D eigenvalue weighted by Gasteiger charge is -2.11. The maximum Gasteiger partial charge on any atom is 0.283 e. The Balaban J connectivity index is 1.76. The van der Waals surface area contributed by atoms with Crippen LogP contribution in [0.5, 0.6) is 0 Å². The molecule has 142 valence electrons. The molecule has 7 nitrogen and oxygen atoms in total. The minimum Gasteiger partial charge on any atom is -0.362 e. The molecule has 9 heteroatoms. The van der Waals surface area contributed by atoms with Gasteiger partial charge in [-0.05, 0) is 49.1 Å². The van der Waals surface area contributed by atoms with Gasteiger partial charge in [0.25, 0.3) is 15.9 Å². The Labute approximate surface area is 163 Å². The summed E-state index contributed by atoms with van der Waals surface area (Å²) in [6.45, 7) is 0.811. The summed E-state index contributed by atoms with van der Waals surface area (Å²) in [6, 6.07) is 9.40. The molecule has 1 fully saturated rings. The van der Waals surface area contributed by atoms with Crippen molar-refractivity contribution in [3.63, 3.8) is 0 Å². The van der Waals surface area contributed by atoms with E-state index in [0.717, 1.165) is 13.0 Å². The minimum atomic E-state index is -3.76. The predicted octanol–water partition coefficient (Wildman–Crippen LogP) is 2.87. The molecule has 0 radical (unpaired) electrons. The molecule has 1 aliphatic heterocycles. The Morgan fingerprint density at radius 1 is 1.26 bits per heavy atom. The van der Waals surface area contributed by atoms with Crippen LogP contribution in [-0.4, -0.2) is 49.9 Å². The molecular weight excluding hydrogens is 384 g/mol. The summed E-state index contributed by atoms with van der Waals surface area (Å²) in [6.07, 6.45) is 5.04. The number of likely N-dealkylation sites (tertiary alicyclic amines) is 1. The number of sulfonamides is 1. The standard InChI is InChI=1S/C18H20N4O3S2/c1-22-12-4-6-16(22)21-27(24,25)14-9-7-13(8-10-14)20-17(23)15-5-3-11-19-18(15)26-2/h3,5,7-11H,4,6,12H2,1-2H3,(H,20,23)/b21-16+. The Hall–Kier alpha value is -2.39. The van der Waals surface area contributed by atoms with E-state index in [-0.39, 0.29) is 10.8 Å². The number of amidine groups is 1. The van der Waals surface area contributed by atoms with Crippen LogP contribution in [-0.2, 0) is 10.0 Å². The lowest BCUT2D eigenvalue weighted by atomic mass is 10.2.